The summed E-state index contributed by atoms with van der Waals surface area (Å²) in [5.74, 6) is -3.42. The Morgan fingerprint density at radius 1 is 1.40 bits per heavy atom. The van der Waals surface area contributed by atoms with Gasteiger partial charge in [0.2, 0.25) is 5.67 Å². The molecular formula is C14H13F2NO3. The van der Waals surface area contributed by atoms with Crippen molar-refractivity contribution in [3.05, 3.63) is 35.6 Å². The average Bonchev–Trinajstić information content (AvgIpc) is 2.86. The number of nitrogens with two attached hydrogens (primary N) is 1. The van der Waals surface area contributed by atoms with Crippen LogP contribution in [0.15, 0.2) is 24.3 Å². The minimum absolute atomic E-state index is 0.145. The van der Waals surface area contributed by atoms with Crippen LogP contribution in [0.2, 0.25) is 0 Å². The molecule has 2 saturated carbocycles. The van der Waals surface area contributed by atoms with Crippen molar-refractivity contribution in [1.29, 1.82) is 0 Å². The van der Waals surface area contributed by atoms with Gasteiger partial charge in [-0.1, -0.05) is 12.1 Å². The summed E-state index contributed by atoms with van der Waals surface area (Å²) < 4.78 is 32.1. The van der Waals surface area contributed by atoms with E-state index in [4.69, 9.17) is 10.5 Å². The standard InChI is InChI=1S/C14H13F2NO3/c15-8-3-1-7(2-4-8)6-20-10-5-9-11(12(10)18)14(9,16)13(17)19/h1-4,9-11H,5-6H2,(H2,17,19)/t9-,10-,11-,14-/m1/s1. The third-order valence-corrected chi connectivity index (χ3v) is 4.12. The number of fused-ring (bicyclic) bond motifs is 1. The third-order valence-electron chi connectivity index (χ3n) is 4.12. The van der Waals surface area contributed by atoms with Gasteiger partial charge in [-0.2, -0.15) is 0 Å². The molecule has 0 unspecified atom stereocenters. The number of alkyl halides is 1. The zero-order valence-corrected chi connectivity index (χ0v) is 10.5. The van der Waals surface area contributed by atoms with Crippen LogP contribution in [0.5, 0.6) is 0 Å². The van der Waals surface area contributed by atoms with E-state index in [1.54, 1.807) is 12.1 Å². The predicted octanol–water partition coefficient (Wildman–Crippen LogP) is 1.12. The Morgan fingerprint density at radius 3 is 2.55 bits per heavy atom. The van der Waals surface area contributed by atoms with Crippen molar-refractivity contribution in [2.45, 2.75) is 24.8 Å². The summed E-state index contributed by atoms with van der Waals surface area (Å²) in [4.78, 5) is 22.9. The van der Waals surface area contributed by atoms with Gasteiger partial charge in [0.1, 0.15) is 11.9 Å². The van der Waals surface area contributed by atoms with Crippen LogP contribution < -0.4 is 5.73 Å². The second-order valence-corrected chi connectivity index (χ2v) is 5.28. The summed E-state index contributed by atoms with van der Waals surface area (Å²) >= 11 is 0. The van der Waals surface area contributed by atoms with Gasteiger partial charge in [0.05, 0.1) is 12.5 Å². The minimum atomic E-state index is -2.17. The Morgan fingerprint density at radius 2 is 2.05 bits per heavy atom. The van der Waals surface area contributed by atoms with Gasteiger partial charge < -0.3 is 10.5 Å². The number of amides is 1. The van der Waals surface area contributed by atoms with Crippen molar-refractivity contribution >= 4 is 11.7 Å². The topological polar surface area (TPSA) is 69.4 Å². The van der Waals surface area contributed by atoms with Gasteiger partial charge in [-0.3, -0.25) is 9.59 Å². The van der Waals surface area contributed by atoms with Crippen LogP contribution in [0.25, 0.3) is 0 Å². The monoisotopic (exact) mass is 281 g/mol. The van der Waals surface area contributed by atoms with Gasteiger partial charge in [0.25, 0.3) is 5.91 Å². The highest BCUT2D eigenvalue weighted by Crippen LogP contribution is 2.61. The maximum absolute atomic E-state index is 14.0. The first-order valence-electron chi connectivity index (χ1n) is 6.33. The lowest BCUT2D eigenvalue weighted by atomic mass is 10.1. The summed E-state index contributed by atoms with van der Waals surface area (Å²) in [5.41, 5.74) is 3.52. The van der Waals surface area contributed by atoms with Gasteiger partial charge in [-0.05, 0) is 24.1 Å². The molecule has 2 aliphatic rings. The molecule has 2 aliphatic carbocycles. The first kappa shape index (κ1) is 13.2. The van der Waals surface area contributed by atoms with Crippen LogP contribution in [-0.2, 0) is 20.9 Å². The van der Waals surface area contributed by atoms with Gasteiger partial charge in [0.15, 0.2) is 5.78 Å². The summed E-state index contributed by atoms with van der Waals surface area (Å²) in [5, 5.41) is 0. The second-order valence-electron chi connectivity index (χ2n) is 5.28. The van der Waals surface area contributed by atoms with Crippen molar-refractivity contribution in [2.75, 3.05) is 0 Å². The van der Waals surface area contributed by atoms with Crippen LogP contribution in [0.1, 0.15) is 12.0 Å². The Hall–Kier alpha value is -1.82. The molecule has 4 atom stereocenters. The number of primary amides is 1. The Bertz CT molecular complexity index is 574. The van der Waals surface area contributed by atoms with Gasteiger partial charge in [0, 0.05) is 5.92 Å². The Labute approximate surface area is 113 Å². The molecule has 1 aromatic rings. The molecule has 1 aromatic carbocycles. The average molecular weight is 281 g/mol. The van der Waals surface area contributed by atoms with Crippen LogP contribution in [0, 0.1) is 17.7 Å². The lowest BCUT2D eigenvalue weighted by molar-refractivity contribution is -0.137. The van der Waals surface area contributed by atoms with Crippen LogP contribution >= 0.6 is 0 Å². The molecule has 3 rings (SSSR count). The van der Waals surface area contributed by atoms with E-state index in [0.717, 1.165) is 5.56 Å². The van der Waals surface area contributed by atoms with Crippen LogP contribution in [0.3, 0.4) is 0 Å². The number of halogens is 2. The lowest BCUT2D eigenvalue weighted by Gasteiger charge is -2.16. The number of hydrogen-bond donors (Lipinski definition) is 1. The van der Waals surface area contributed by atoms with E-state index < -0.39 is 35.3 Å². The fourth-order valence-electron chi connectivity index (χ4n) is 2.95. The molecule has 4 nitrogen and oxygen atoms in total. The molecular weight excluding hydrogens is 268 g/mol. The van der Waals surface area contributed by atoms with E-state index in [9.17, 15) is 18.4 Å². The van der Waals surface area contributed by atoms with Crippen molar-refractivity contribution in [3.8, 4) is 0 Å². The summed E-state index contributed by atoms with van der Waals surface area (Å²) in [6, 6.07) is 5.70. The molecule has 0 spiro atoms. The van der Waals surface area contributed by atoms with E-state index in [2.05, 4.69) is 0 Å². The largest absolute Gasteiger partial charge is 0.367 e. The van der Waals surface area contributed by atoms with Crippen molar-refractivity contribution in [1.82, 2.24) is 0 Å². The molecule has 6 heteroatoms. The predicted molar refractivity (Wildman–Crippen MR) is 64.6 cm³/mol. The molecule has 106 valence electrons. The maximum atomic E-state index is 14.0. The zero-order chi connectivity index (χ0) is 14.5. The SMILES string of the molecule is NC(=O)[C@@]1(F)[C@@H]2C[C@@H](OCc3ccc(F)cc3)C(=O)[C@@H]21. The summed E-state index contributed by atoms with van der Waals surface area (Å²) in [6.07, 6.45) is -0.539. The van der Waals surface area contributed by atoms with Crippen molar-refractivity contribution in [2.24, 2.45) is 17.6 Å². The van der Waals surface area contributed by atoms with E-state index in [0.29, 0.717) is 0 Å². The molecule has 2 fully saturated rings. The Kier molecular flexibility index (Phi) is 2.86. The molecule has 0 aromatic heterocycles. The number of Topliss-reactive ketones (excluding diaryl/α,β-unsaturated/α-hetero) is 1. The number of ketones is 1. The quantitative estimate of drug-likeness (QED) is 0.899. The molecule has 0 bridgehead atoms. The number of carbonyl (C=O) groups excluding carboxylic acids is 2. The van der Waals surface area contributed by atoms with Gasteiger partial charge in [-0.15, -0.1) is 0 Å². The fourth-order valence-corrected chi connectivity index (χ4v) is 2.95. The normalized spacial score (nSPS) is 34.9. The van der Waals surface area contributed by atoms with Gasteiger partial charge >= 0.3 is 0 Å². The van der Waals surface area contributed by atoms with Crippen LogP contribution in [0.4, 0.5) is 8.78 Å². The van der Waals surface area contributed by atoms with Crippen molar-refractivity contribution < 1.29 is 23.1 Å². The molecule has 20 heavy (non-hydrogen) atoms. The third kappa shape index (κ3) is 1.83. The zero-order valence-electron chi connectivity index (χ0n) is 10.5. The molecule has 0 radical (unpaired) electrons. The number of benzene rings is 1. The fraction of sp³-hybridized carbons (Fsp3) is 0.429. The van der Waals surface area contributed by atoms with Gasteiger partial charge in [-0.25, -0.2) is 8.78 Å². The minimum Gasteiger partial charge on any atom is -0.367 e. The van der Waals surface area contributed by atoms with E-state index >= 15 is 0 Å². The Balaban J connectivity index is 1.59. The van der Waals surface area contributed by atoms with E-state index in [-0.39, 0.29) is 18.8 Å². The number of hydrogen-bond acceptors (Lipinski definition) is 3. The number of ether oxygens (including phenoxy) is 1. The highest BCUT2D eigenvalue weighted by atomic mass is 19.1. The van der Waals surface area contributed by atoms with E-state index in [1.165, 1.54) is 12.1 Å². The second kappa shape index (κ2) is 4.34. The first-order chi connectivity index (χ1) is 9.44. The lowest BCUT2D eigenvalue weighted by Crippen LogP contribution is -2.37. The highest BCUT2D eigenvalue weighted by Gasteiger charge is 2.78. The van der Waals surface area contributed by atoms with Crippen molar-refractivity contribution in [3.63, 3.8) is 0 Å². The summed E-state index contributed by atoms with van der Waals surface area (Å²) in [6.45, 7) is 0.145. The van der Waals surface area contributed by atoms with E-state index in [1.807, 2.05) is 0 Å². The first-order valence-corrected chi connectivity index (χ1v) is 6.33. The maximum Gasteiger partial charge on any atom is 0.256 e. The number of rotatable bonds is 4. The molecule has 2 N–H and O–H groups in total. The smallest absolute Gasteiger partial charge is 0.256 e. The van der Waals surface area contributed by atoms with Crippen LogP contribution in [-0.4, -0.2) is 23.5 Å². The number of carbonyl (C=O) groups is 2. The highest BCUT2D eigenvalue weighted by molar-refractivity contribution is 6.03. The molecule has 0 heterocycles. The summed E-state index contributed by atoms with van der Waals surface area (Å²) in [7, 11) is 0. The molecule has 0 aliphatic heterocycles. The molecule has 0 saturated heterocycles. The molecule has 1 amide bonds.